The number of benzene rings is 3. The number of ether oxygens (including phenoxy) is 3. The van der Waals surface area contributed by atoms with Gasteiger partial charge in [0.2, 0.25) is 5.75 Å². The SMILES string of the molecule is COc1cc(C(=O)NC(=S)Nc2cccc(C(=O)Nc3ccc(F)c(Cl)c3)c2)cc(OC)c1OC. The Morgan fingerprint density at radius 1 is 0.829 bits per heavy atom. The van der Waals surface area contributed by atoms with Gasteiger partial charge in [0.05, 0.1) is 26.4 Å². The molecule has 182 valence electrons. The van der Waals surface area contributed by atoms with Crippen LogP contribution in [0.2, 0.25) is 5.02 Å². The van der Waals surface area contributed by atoms with Gasteiger partial charge in [-0.05, 0) is 60.7 Å². The molecular formula is C24H21ClFN3O5S. The predicted octanol–water partition coefficient (Wildman–Crippen LogP) is 4.88. The molecule has 0 spiro atoms. The van der Waals surface area contributed by atoms with Gasteiger partial charge >= 0.3 is 0 Å². The van der Waals surface area contributed by atoms with E-state index in [1.54, 1.807) is 24.3 Å². The van der Waals surface area contributed by atoms with E-state index in [1.165, 1.54) is 45.6 Å². The number of carbonyl (C=O) groups is 2. The molecule has 3 rings (SSSR count). The molecule has 0 fully saturated rings. The normalized spacial score (nSPS) is 10.2. The summed E-state index contributed by atoms with van der Waals surface area (Å²) in [6.45, 7) is 0. The van der Waals surface area contributed by atoms with E-state index in [4.69, 9.17) is 38.0 Å². The lowest BCUT2D eigenvalue weighted by molar-refractivity contribution is 0.0975. The summed E-state index contributed by atoms with van der Waals surface area (Å²) in [5.74, 6) is -0.551. The van der Waals surface area contributed by atoms with Crippen molar-refractivity contribution in [3.8, 4) is 17.2 Å². The average molecular weight is 518 g/mol. The van der Waals surface area contributed by atoms with Crippen molar-refractivity contribution >= 4 is 52.1 Å². The molecule has 0 radical (unpaired) electrons. The second-order valence-electron chi connectivity index (χ2n) is 6.99. The lowest BCUT2D eigenvalue weighted by Gasteiger charge is -2.15. The van der Waals surface area contributed by atoms with Gasteiger partial charge in [0.25, 0.3) is 11.8 Å². The van der Waals surface area contributed by atoms with E-state index in [2.05, 4.69) is 16.0 Å². The molecule has 0 saturated carbocycles. The number of hydrogen-bond acceptors (Lipinski definition) is 6. The fraction of sp³-hybridized carbons (Fsp3) is 0.125. The monoisotopic (exact) mass is 517 g/mol. The summed E-state index contributed by atoms with van der Waals surface area (Å²) < 4.78 is 29.1. The van der Waals surface area contributed by atoms with Gasteiger partial charge in [-0.25, -0.2) is 4.39 Å². The maximum Gasteiger partial charge on any atom is 0.257 e. The molecule has 35 heavy (non-hydrogen) atoms. The summed E-state index contributed by atoms with van der Waals surface area (Å²) in [5.41, 5.74) is 1.34. The van der Waals surface area contributed by atoms with Crippen LogP contribution in [0.5, 0.6) is 17.2 Å². The summed E-state index contributed by atoms with van der Waals surface area (Å²) in [6, 6.07) is 13.3. The van der Waals surface area contributed by atoms with Crippen LogP contribution in [0, 0.1) is 5.82 Å². The summed E-state index contributed by atoms with van der Waals surface area (Å²) in [6.07, 6.45) is 0. The maximum atomic E-state index is 13.3. The van der Waals surface area contributed by atoms with Crippen molar-refractivity contribution in [2.75, 3.05) is 32.0 Å². The van der Waals surface area contributed by atoms with Crippen LogP contribution >= 0.6 is 23.8 Å². The molecule has 0 aliphatic rings. The minimum absolute atomic E-state index is 0.00614. The molecule has 0 aliphatic carbocycles. The second-order valence-corrected chi connectivity index (χ2v) is 7.80. The van der Waals surface area contributed by atoms with Crippen LogP contribution in [0.4, 0.5) is 15.8 Å². The van der Waals surface area contributed by atoms with E-state index in [-0.39, 0.29) is 15.7 Å². The molecule has 0 unspecified atom stereocenters. The van der Waals surface area contributed by atoms with Crippen molar-refractivity contribution in [2.45, 2.75) is 0 Å². The van der Waals surface area contributed by atoms with Crippen molar-refractivity contribution in [3.05, 3.63) is 76.6 Å². The van der Waals surface area contributed by atoms with Crippen LogP contribution in [0.15, 0.2) is 54.6 Å². The van der Waals surface area contributed by atoms with E-state index in [0.717, 1.165) is 6.07 Å². The number of rotatable bonds is 7. The highest BCUT2D eigenvalue weighted by atomic mass is 35.5. The van der Waals surface area contributed by atoms with Crippen molar-refractivity contribution in [2.24, 2.45) is 0 Å². The Morgan fingerprint density at radius 3 is 2.09 bits per heavy atom. The zero-order valence-corrected chi connectivity index (χ0v) is 20.5. The van der Waals surface area contributed by atoms with Crippen molar-refractivity contribution in [1.29, 1.82) is 0 Å². The van der Waals surface area contributed by atoms with Gasteiger partial charge in [0.1, 0.15) is 5.82 Å². The molecule has 3 aromatic rings. The predicted molar refractivity (Wildman–Crippen MR) is 136 cm³/mol. The number of methoxy groups -OCH3 is 3. The van der Waals surface area contributed by atoms with Crippen molar-refractivity contribution in [1.82, 2.24) is 5.32 Å². The van der Waals surface area contributed by atoms with Gasteiger partial charge in [0.15, 0.2) is 16.6 Å². The van der Waals surface area contributed by atoms with Crippen LogP contribution in [0.3, 0.4) is 0 Å². The molecule has 0 saturated heterocycles. The number of thiocarbonyl (C=S) groups is 1. The Morgan fingerprint density at radius 2 is 1.49 bits per heavy atom. The molecule has 11 heteroatoms. The topological polar surface area (TPSA) is 97.9 Å². The molecular weight excluding hydrogens is 497 g/mol. The third-order valence-electron chi connectivity index (χ3n) is 4.71. The minimum atomic E-state index is -0.585. The van der Waals surface area contributed by atoms with E-state index in [0.29, 0.717) is 34.2 Å². The molecule has 0 bridgehead atoms. The Bertz CT molecular complexity index is 1260. The van der Waals surface area contributed by atoms with Gasteiger partial charge in [0, 0.05) is 22.5 Å². The third-order valence-corrected chi connectivity index (χ3v) is 5.21. The number of nitrogens with one attached hydrogen (secondary N) is 3. The molecule has 0 heterocycles. The molecule has 3 N–H and O–H groups in total. The first-order valence-corrected chi connectivity index (χ1v) is 10.8. The fourth-order valence-electron chi connectivity index (χ4n) is 3.07. The van der Waals surface area contributed by atoms with Gasteiger partial charge in [-0.15, -0.1) is 0 Å². The molecule has 3 aromatic carbocycles. The van der Waals surface area contributed by atoms with E-state index < -0.39 is 17.6 Å². The summed E-state index contributed by atoms with van der Waals surface area (Å²) in [4.78, 5) is 25.3. The average Bonchev–Trinajstić information content (AvgIpc) is 2.85. The van der Waals surface area contributed by atoms with Gasteiger partial charge < -0.3 is 24.8 Å². The van der Waals surface area contributed by atoms with Crippen LogP contribution < -0.4 is 30.2 Å². The highest BCUT2D eigenvalue weighted by Gasteiger charge is 2.18. The van der Waals surface area contributed by atoms with E-state index in [1.807, 2.05) is 0 Å². The van der Waals surface area contributed by atoms with Gasteiger partial charge in [-0.2, -0.15) is 0 Å². The number of amides is 2. The van der Waals surface area contributed by atoms with Crippen molar-refractivity contribution < 1.29 is 28.2 Å². The number of halogens is 2. The van der Waals surface area contributed by atoms with Crippen LogP contribution in [-0.4, -0.2) is 38.3 Å². The molecule has 2 amide bonds. The zero-order chi connectivity index (χ0) is 25.5. The van der Waals surface area contributed by atoms with Crippen LogP contribution in [0.25, 0.3) is 0 Å². The minimum Gasteiger partial charge on any atom is -0.493 e. The lowest BCUT2D eigenvalue weighted by Crippen LogP contribution is -2.34. The Hall–Kier alpha value is -3.89. The summed E-state index contributed by atoms with van der Waals surface area (Å²) >= 11 is 11.0. The highest BCUT2D eigenvalue weighted by molar-refractivity contribution is 7.80. The third kappa shape index (κ3) is 6.37. The van der Waals surface area contributed by atoms with E-state index >= 15 is 0 Å². The number of carbonyl (C=O) groups excluding carboxylic acids is 2. The second kappa shape index (κ2) is 11.5. The quantitative estimate of drug-likeness (QED) is 0.384. The molecule has 0 atom stereocenters. The number of hydrogen-bond donors (Lipinski definition) is 3. The summed E-state index contributed by atoms with van der Waals surface area (Å²) in [5, 5.41) is 7.96. The van der Waals surface area contributed by atoms with Crippen LogP contribution in [-0.2, 0) is 0 Å². The molecule has 8 nitrogen and oxygen atoms in total. The van der Waals surface area contributed by atoms with Crippen LogP contribution in [0.1, 0.15) is 20.7 Å². The molecule has 0 aliphatic heterocycles. The zero-order valence-electron chi connectivity index (χ0n) is 18.9. The fourth-order valence-corrected chi connectivity index (χ4v) is 3.46. The Labute approximate surface area is 211 Å². The Kier molecular flexibility index (Phi) is 8.45. The van der Waals surface area contributed by atoms with Gasteiger partial charge in [-0.1, -0.05) is 17.7 Å². The Balaban J connectivity index is 1.68. The highest BCUT2D eigenvalue weighted by Crippen LogP contribution is 2.38. The van der Waals surface area contributed by atoms with Crippen molar-refractivity contribution in [3.63, 3.8) is 0 Å². The van der Waals surface area contributed by atoms with Gasteiger partial charge in [-0.3, -0.25) is 14.9 Å². The lowest BCUT2D eigenvalue weighted by atomic mass is 10.1. The first-order chi connectivity index (χ1) is 16.7. The summed E-state index contributed by atoms with van der Waals surface area (Å²) in [7, 11) is 4.35. The maximum absolute atomic E-state index is 13.3. The number of anilines is 2. The standard InChI is InChI=1S/C24H21ClFN3O5S/c1-32-19-10-14(11-20(33-2)21(19)34-3)23(31)29-24(35)28-15-6-4-5-13(9-15)22(30)27-16-7-8-18(26)17(25)12-16/h4-12H,1-3H3,(H,27,30)(H2,28,29,31,35). The molecule has 0 aromatic heterocycles. The first-order valence-electron chi connectivity index (χ1n) is 10.0. The smallest absolute Gasteiger partial charge is 0.257 e. The first kappa shape index (κ1) is 25.7. The largest absolute Gasteiger partial charge is 0.493 e. The van der Waals surface area contributed by atoms with E-state index in [9.17, 15) is 14.0 Å².